The second kappa shape index (κ2) is 5.43. The maximum Gasteiger partial charge on any atom is 0.224 e. The van der Waals surface area contributed by atoms with Crippen LogP contribution in [0.3, 0.4) is 0 Å². The quantitative estimate of drug-likeness (QED) is 0.778. The summed E-state index contributed by atoms with van der Waals surface area (Å²) in [7, 11) is 0. The number of carbonyl (C=O) groups excluding carboxylic acids is 1. The summed E-state index contributed by atoms with van der Waals surface area (Å²) in [6, 6.07) is 9.56. The van der Waals surface area contributed by atoms with Crippen molar-refractivity contribution >= 4 is 11.6 Å². The summed E-state index contributed by atoms with van der Waals surface area (Å²) in [5, 5.41) is 2.87. The summed E-state index contributed by atoms with van der Waals surface area (Å²) in [4.78, 5) is 11.5. The van der Waals surface area contributed by atoms with Gasteiger partial charge < -0.3 is 5.32 Å². The fourth-order valence-corrected chi connectivity index (χ4v) is 1.19. The van der Waals surface area contributed by atoms with Gasteiger partial charge in [-0.15, -0.1) is 0 Å². The van der Waals surface area contributed by atoms with Crippen LogP contribution in [-0.2, 0) is 4.79 Å². The number of carbonyl (C=O) groups is 1. The van der Waals surface area contributed by atoms with Crippen molar-refractivity contribution in [2.45, 2.75) is 26.7 Å². The molecule has 14 heavy (non-hydrogen) atoms. The maximum atomic E-state index is 11.5. The zero-order valence-corrected chi connectivity index (χ0v) is 8.79. The van der Waals surface area contributed by atoms with E-state index in [1.165, 1.54) is 0 Å². The first-order valence-electron chi connectivity index (χ1n) is 5.07. The van der Waals surface area contributed by atoms with E-state index in [2.05, 4.69) is 19.2 Å². The molecule has 0 unspecified atom stereocenters. The number of hydrogen-bond donors (Lipinski definition) is 1. The minimum Gasteiger partial charge on any atom is -0.326 e. The minimum atomic E-state index is 0.102. The van der Waals surface area contributed by atoms with E-state index >= 15 is 0 Å². The zero-order chi connectivity index (χ0) is 10.4. The fraction of sp³-hybridized carbons (Fsp3) is 0.417. The number of nitrogens with one attached hydrogen (secondary N) is 1. The Labute approximate surface area is 85.3 Å². The van der Waals surface area contributed by atoms with E-state index in [4.69, 9.17) is 0 Å². The van der Waals surface area contributed by atoms with Crippen molar-refractivity contribution in [3.63, 3.8) is 0 Å². The predicted octanol–water partition coefficient (Wildman–Crippen LogP) is 3.06. The third-order valence-electron chi connectivity index (χ3n) is 2.29. The average Bonchev–Trinajstić information content (AvgIpc) is 2.19. The topological polar surface area (TPSA) is 29.1 Å². The highest BCUT2D eigenvalue weighted by molar-refractivity contribution is 5.90. The molecule has 0 saturated heterocycles. The molecular weight excluding hydrogens is 174 g/mol. The summed E-state index contributed by atoms with van der Waals surface area (Å²) in [6.45, 7) is 4.19. The summed E-state index contributed by atoms with van der Waals surface area (Å²) >= 11 is 0. The van der Waals surface area contributed by atoms with E-state index in [1.807, 2.05) is 30.3 Å². The Hall–Kier alpha value is -1.31. The van der Waals surface area contributed by atoms with Gasteiger partial charge in [0.1, 0.15) is 0 Å². The molecule has 0 bridgehead atoms. The molecule has 0 aliphatic rings. The first-order valence-corrected chi connectivity index (χ1v) is 5.07. The van der Waals surface area contributed by atoms with Gasteiger partial charge in [-0.05, 0) is 18.1 Å². The maximum absolute atomic E-state index is 11.5. The van der Waals surface area contributed by atoms with Crippen molar-refractivity contribution in [2.75, 3.05) is 5.32 Å². The van der Waals surface area contributed by atoms with Crippen molar-refractivity contribution in [3.8, 4) is 0 Å². The van der Waals surface area contributed by atoms with Crippen LogP contribution in [0.1, 0.15) is 26.7 Å². The molecule has 0 aliphatic heterocycles. The largest absolute Gasteiger partial charge is 0.326 e. The van der Waals surface area contributed by atoms with Crippen molar-refractivity contribution in [1.82, 2.24) is 0 Å². The normalized spacial score (nSPS) is 12.1. The number of benzene rings is 1. The van der Waals surface area contributed by atoms with E-state index in [9.17, 15) is 4.79 Å². The van der Waals surface area contributed by atoms with Gasteiger partial charge in [-0.25, -0.2) is 0 Å². The Morgan fingerprint density at radius 1 is 1.36 bits per heavy atom. The number of amides is 1. The van der Waals surface area contributed by atoms with Gasteiger partial charge in [0.05, 0.1) is 0 Å². The number of para-hydroxylation sites is 1. The fourth-order valence-electron chi connectivity index (χ4n) is 1.19. The van der Waals surface area contributed by atoms with E-state index in [0.717, 1.165) is 12.1 Å². The molecule has 1 aromatic carbocycles. The van der Waals surface area contributed by atoms with Crippen molar-refractivity contribution in [1.29, 1.82) is 0 Å². The Kier molecular flexibility index (Phi) is 4.17. The molecule has 0 spiro atoms. The molecule has 1 rings (SSSR count). The van der Waals surface area contributed by atoms with Gasteiger partial charge in [0.2, 0.25) is 5.91 Å². The average molecular weight is 191 g/mol. The molecule has 76 valence electrons. The second-order valence-electron chi connectivity index (χ2n) is 3.63. The van der Waals surface area contributed by atoms with Crippen LogP contribution in [0.25, 0.3) is 0 Å². The lowest BCUT2D eigenvalue weighted by molar-refractivity contribution is -0.117. The van der Waals surface area contributed by atoms with Gasteiger partial charge in [-0.3, -0.25) is 4.79 Å². The number of rotatable bonds is 4. The monoisotopic (exact) mass is 191 g/mol. The molecule has 1 N–H and O–H groups in total. The molecule has 1 amide bonds. The van der Waals surface area contributed by atoms with Crippen LogP contribution in [0.15, 0.2) is 30.3 Å². The van der Waals surface area contributed by atoms with Crippen molar-refractivity contribution < 1.29 is 4.79 Å². The highest BCUT2D eigenvalue weighted by Gasteiger charge is 2.06. The molecule has 0 saturated carbocycles. The van der Waals surface area contributed by atoms with E-state index < -0.39 is 0 Å². The van der Waals surface area contributed by atoms with Crippen molar-refractivity contribution in [3.05, 3.63) is 30.3 Å². The van der Waals surface area contributed by atoms with Crippen LogP contribution in [0, 0.1) is 5.92 Å². The Morgan fingerprint density at radius 3 is 2.57 bits per heavy atom. The first kappa shape index (κ1) is 10.8. The Morgan fingerprint density at radius 2 is 2.00 bits per heavy atom. The third-order valence-corrected chi connectivity index (χ3v) is 2.29. The first-order chi connectivity index (χ1) is 6.72. The second-order valence-corrected chi connectivity index (χ2v) is 3.63. The lowest BCUT2D eigenvalue weighted by atomic mass is 10.1. The molecule has 0 fully saturated rings. The molecule has 0 aromatic heterocycles. The van der Waals surface area contributed by atoms with Gasteiger partial charge in [0.25, 0.3) is 0 Å². The molecule has 2 heteroatoms. The number of anilines is 1. The highest BCUT2D eigenvalue weighted by Crippen LogP contribution is 2.10. The summed E-state index contributed by atoms with van der Waals surface area (Å²) in [6.07, 6.45) is 1.65. The van der Waals surface area contributed by atoms with Crippen LogP contribution >= 0.6 is 0 Å². The molecule has 0 radical (unpaired) electrons. The van der Waals surface area contributed by atoms with Gasteiger partial charge in [0, 0.05) is 12.1 Å². The Bertz CT molecular complexity index is 282. The van der Waals surface area contributed by atoms with E-state index in [0.29, 0.717) is 12.3 Å². The molecule has 0 aliphatic carbocycles. The van der Waals surface area contributed by atoms with E-state index in [1.54, 1.807) is 0 Å². The van der Waals surface area contributed by atoms with Gasteiger partial charge in [-0.2, -0.15) is 0 Å². The number of hydrogen-bond acceptors (Lipinski definition) is 1. The van der Waals surface area contributed by atoms with Crippen LogP contribution in [0.5, 0.6) is 0 Å². The SMILES string of the molecule is CC[C@H](C)CC(=O)Nc1ccccc1. The molecular formula is C12H17NO. The van der Waals surface area contributed by atoms with Crippen LogP contribution in [0.2, 0.25) is 0 Å². The summed E-state index contributed by atoms with van der Waals surface area (Å²) in [5.74, 6) is 0.560. The molecule has 2 nitrogen and oxygen atoms in total. The zero-order valence-electron chi connectivity index (χ0n) is 8.79. The van der Waals surface area contributed by atoms with Gasteiger partial charge in [0.15, 0.2) is 0 Å². The minimum absolute atomic E-state index is 0.102. The van der Waals surface area contributed by atoms with Crippen molar-refractivity contribution in [2.24, 2.45) is 5.92 Å². The highest BCUT2D eigenvalue weighted by atomic mass is 16.1. The van der Waals surface area contributed by atoms with E-state index in [-0.39, 0.29) is 5.91 Å². The van der Waals surface area contributed by atoms with Gasteiger partial charge >= 0.3 is 0 Å². The summed E-state index contributed by atoms with van der Waals surface area (Å²) in [5.41, 5.74) is 0.876. The smallest absolute Gasteiger partial charge is 0.224 e. The van der Waals surface area contributed by atoms with Crippen LogP contribution in [0.4, 0.5) is 5.69 Å². The standard InChI is InChI=1S/C12H17NO/c1-3-10(2)9-12(14)13-11-7-5-4-6-8-11/h4-8,10H,3,9H2,1-2H3,(H,13,14)/t10-/m0/s1. The predicted molar refractivity (Wildman–Crippen MR) is 59.1 cm³/mol. The van der Waals surface area contributed by atoms with Gasteiger partial charge in [-0.1, -0.05) is 38.5 Å². The third kappa shape index (κ3) is 3.60. The molecule has 1 atom stereocenters. The van der Waals surface area contributed by atoms with Crippen LogP contribution < -0.4 is 5.32 Å². The summed E-state index contributed by atoms with van der Waals surface area (Å²) < 4.78 is 0. The molecule has 1 aromatic rings. The molecule has 0 heterocycles. The lowest BCUT2D eigenvalue weighted by Crippen LogP contribution is -2.14. The van der Waals surface area contributed by atoms with Crippen LogP contribution in [-0.4, -0.2) is 5.91 Å². The lowest BCUT2D eigenvalue weighted by Gasteiger charge is -2.08. The Balaban J connectivity index is 2.42.